The molecule has 1 aromatic rings. The minimum Gasteiger partial charge on any atom is -0.324 e. The Labute approximate surface area is 89.6 Å². The van der Waals surface area contributed by atoms with E-state index in [0.717, 1.165) is 16.7 Å². The van der Waals surface area contributed by atoms with Crippen molar-refractivity contribution in [2.75, 3.05) is 6.16 Å². The van der Waals surface area contributed by atoms with E-state index in [1.165, 1.54) is 0 Å². The summed E-state index contributed by atoms with van der Waals surface area (Å²) in [6, 6.07) is 7.78. The van der Waals surface area contributed by atoms with Crippen LogP contribution >= 0.6 is 7.60 Å². The predicted octanol–water partition coefficient (Wildman–Crippen LogP) is 2.58. The summed E-state index contributed by atoms with van der Waals surface area (Å²) >= 11 is 0. The molecule has 1 rings (SSSR count). The zero-order valence-corrected chi connectivity index (χ0v) is 9.74. The monoisotopic (exact) mass is 226 g/mol. The third kappa shape index (κ3) is 4.00. The normalized spacial score (nSPS) is 12.9. The summed E-state index contributed by atoms with van der Waals surface area (Å²) in [5, 5.41) is 0. The standard InChI is InChI=1S/C11H15O3P/c1-9-5-3-4-6-11(9)10(2)7-8-15(12,13)14/h3-7H,8H2,1-2H3,(H2,12,13,14). The van der Waals surface area contributed by atoms with Gasteiger partial charge >= 0.3 is 7.60 Å². The zero-order valence-electron chi connectivity index (χ0n) is 8.84. The molecule has 3 nitrogen and oxygen atoms in total. The van der Waals surface area contributed by atoms with Crippen molar-refractivity contribution in [2.45, 2.75) is 13.8 Å². The van der Waals surface area contributed by atoms with Gasteiger partial charge in [-0.05, 0) is 30.5 Å². The summed E-state index contributed by atoms with van der Waals surface area (Å²) in [7, 11) is -3.93. The fraction of sp³-hybridized carbons (Fsp3) is 0.273. The minimum atomic E-state index is -3.93. The molecule has 0 aliphatic carbocycles. The van der Waals surface area contributed by atoms with Crippen LogP contribution in [-0.2, 0) is 4.57 Å². The average molecular weight is 226 g/mol. The van der Waals surface area contributed by atoms with Gasteiger partial charge in [0.1, 0.15) is 0 Å². The lowest BCUT2D eigenvalue weighted by atomic mass is 10.0. The van der Waals surface area contributed by atoms with Gasteiger partial charge in [-0.3, -0.25) is 4.57 Å². The highest BCUT2D eigenvalue weighted by Gasteiger charge is 2.10. The van der Waals surface area contributed by atoms with Crippen LogP contribution in [0.2, 0.25) is 0 Å². The van der Waals surface area contributed by atoms with Gasteiger partial charge in [0.05, 0.1) is 6.16 Å². The molecule has 4 heteroatoms. The van der Waals surface area contributed by atoms with Crippen molar-refractivity contribution in [2.24, 2.45) is 0 Å². The molecule has 0 unspecified atom stereocenters. The second-order valence-electron chi connectivity index (χ2n) is 3.55. The van der Waals surface area contributed by atoms with E-state index in [4.69, 9.17) is 9.79 Å². The molecular weight excluding hydrogens is 211 g/mol. The Morgan fingerprint density at radius 1 is 1.40 bits per heavy atom. The maximum absolute atomic E-state index is 10.7. The minimum absolute atomic E-state index is 0.201. The molecule has 0 radical (unpaired) electrons. The number of aryl methyl sites for hydroxylation is 1. The third-order valence-corrected chi connectivity index (χ3v) is 2.86. The molecule has 0 fully saturated rings. The topological polar surface area (TPSA) is 57.5 Å². The summed E-state index contributed by atoms with van der Waals surface area (Å²) in [5.41, 5.74) is 3.04. The molecule has 2 N–H and O–H groups in total. The first-order chi connectivity index (χ1) is 6.90. The van der Waals surface area contributed by atoms with Crippen LogP contribution in [0.25, 0.3) is 5.57 Å². The van der Waals surface area contributed by atoms with Crippen LogP contribution in [0.1, 0.15) is 18.1 Å². The Morgan fingerprint density at radius 2 is 2.00 bits per heavy atom. The Hall–Kier alpha value is -0.890. The maximum Gasteiger partial charge on any atom is 0.329 e. The Kier molecular flexibility index (Phi) is 3.86. The Bertz CT molecular complexity index is 418. The van der Waals surface area contributed by atoms with Gasteiger partial charge in [-0.2, -0.15) is 0 Å². The summed E-state index contributed by atoms with van der Waals surface area (Å²) in [6.07, 6.45) is 1.39. The first-order valence-corrected chi connectivity index (χ1v) is 6.47. The molecule has 0 bridgehead atoms. The summed E-state index contributed by atoms with van der Waals surface area (Å²) in [4.78, 5) is 17.5. The Balaban J connectivity index is 2.90. The highest BCUT2D eigenvalue weighted by atomic mass is 31.2. The zero-order chi connectivity index (χ0) is 11.5. The highest BCUT2D eigenvalue weighted by Crippen LogP contribution is 2.35. The van der Waals surface area contributed by atoms with E-state index in [1.54, 1.807) is 6.08 Å². The predicted molar refractivity (Wildman–Crippen MR) is 61.7 cm³/mol. The van der Waals surface area contributed by atoms with Crippen LogP contribution in [0.4, 0.5) is 0 Å². The van der Waals surface area contributed by atoms with E-state index in [0.29, 0.717) is 0 Å². The van der Waals surface area contributed by atoms with Crippen LogP contribution in [0, 0.1) is 6.92 Å². The number of hydrogen-bond donors (Lipinski definition) is 2. The largest absolute Gasteiger partial charge is 0.329 e. The SMILES string of the molecule is CC(=CCP(=O)(O)O)c1ccccc1C. The van der Waals surface area contributed by atoms with Crippen molar-refractivity contribution < 1.29 is 14.4 Å². The van der Waals surface area contributed by atoms with Crippen molar-refractivity contribution >= 4 is 13.2 Å². The maximum atomic E-state index is 10.7. The van der Waals surface area contributed by atoms with Gasteiger partial charge in [0.25, 0.3) is 0 Å². The van der Waals surface area contributed by atoms with Crippen LogP contribution in [0.3, 0.4) is 0 Å². The van der Waals surface area contributed by atoms with Crippen molar-refractivity contribution in [3.63, 3.8) is 0 Å². The smallest absolute Gasteiger partial charge is 0.324 e. The van der Waals surface area contributed by atoms with Gasteiger partial charge in [-0.1, -0.05) is 30.3 Å². The quantitative estimate of drug-likeness (QED) is 0.779. The van der Waals surface area contributed by atoms with Gasteiger partial charge in [0.15, 0.2) is 0 Å². The molecule has 0 heterocycles. The molecule has 82 valence electrons. The van der Waals surface area contributed by atoms with Crippen molar-refractivity contribution in [3.05, 3.63) is 41.5 Å². The number of hydrogen-bond acceptors (Lipinski definition) is 1. The van der Waals surface area contributed by atoms with E-state index < -0.39 is 7.60 Å². The molecule has 0 atom stereocenters. The van der Waals surface area contributed by atoms with Crippen LogP contribution in [-0.4, -0.2) is 15.9 Å². The van der Waals surface area contributed by atoms with Gasteiger partial charge < -0.3 is 9.79 Å². The lowest BCUT2D eigenvalue weighted by Gasteiger charge is -2.06. The molecule has 0 amide bonds. The second-order valence-corrected chi connectivity index (χ2v) is 5.24. The Morgan fingerprint density at radius 3 is 2.53 bits per heavy atom. The molecule has 1 aromatic carbocycles. The van der Waals surface area contributed by atoms with E-state index >= 15 is 0 Å². The first kappa shape index (κ1) is 12.2. The van der Waals surface area contributed by atoms with Gasteiger partial charge in [-0.25, -0.2) is 0 Å². The van der Waals surface area contributed by atoms with E-state index in [1.807, 2.05) is 38.1 Å². The molecular formula is C11H15O3P. The average Bonchev–Trinajstić information content (AvgIpc) is 2.14. The second kappa shape index (κ2) is 4.75. The molecule has 0 aliphatic rings. The van der Waals surface area contributed by atoms with Gasteiger partial charge in [-0.15, -0.1) is 0 Å². The first-order valence-electron chi connectivity index (χ1n) is 4.67. The highest BCUT2D eigenvalue weighted by molar-refractivity contribution is 7.51. The van der Waals surface area contributed by atoms with E-state index in [-0.39, 0.29) is 6.16 Å². The molecule has 15 heavy (non-hydrogen) atoms. The van der Waals surface area contributed by atoms with E-state index in [9.17, 15) is 4.57 Å². The van der Waals surface area contributed by atoms with E-state index in [2.05, 4.69) is 0 Å². The molecule has 0 saturated carbocycles. The van der Waals surface area contributed by atoms with Crippen molar-refractivity contribution in [1.82, 2.24) is 0 Å². The van der Waals surface area contributed by atoms with Crippen LogP contribution in [0.15, 0.2) is 30.3 Å². The number of rotatable bonds is 3. The summed E-state index contributed by atoms with van der Waals surface area (Å²) in [5.74, 6) is 0. The third-order valence-electron chi connectivity index (χ3n) is 2.21. The lowest BCUT2D eigenvalue weighted by molar-refractivity contribution is 0.377. The van der Waals surface area contributed by atoms with Crippen molar-refractivity contribution in [3.8, 4) is 0 Å². The van der Waals surface area contributed by atoms with Gasteiger partial charge in [0.2, 0.25) is 0 Å². The van der Waals surface area contributed by atoms with Gasteiger partial charge in [0, 0.05) is 0 Å². The number of allylic oxidation sites excluding steroid dienone is 2. The number of benzene rings is 1. The fourth-order valence-corrected chi connectivity index (χ4v) is 1.89. The molecule has 0 saturated heterocycles. The fourth-order valence-electron chi connectivity index (χ4n) is 1.38. The summed E-state index contributed by atoms with van der Waals surface area (Å²) in [6.45, 7) is 3.84. The molecule has 0 spiro atoms. The lowest BCUT2D eigenvalue weighted by Crippen LogP contribution is -1.88. The summed E-state index contributed by atoms with van der Waals surface area (Å²) < 4.78 is 10.7. The van der Waals surface area contributed by atoms with Crippen molar-refractivity contribution in [1.29, 1.82) is 0 Å². The molecule has 0 aromatic heterocycles. The van der Waals surface area contributed by atoms with Crippen LogP contribution in [0.5, 0.6) is 0 Å². The van der Waals surface area contributed by atoms with Crippen LogP contribution < -0.4 is 0 Å². The molecule has 0 aliphatic heterocycles.